The van der Waals surface area contributed by atoms with Crippen LogP contribution in [-0.2, 0) is 0 Å². The van der Waals surface area contributed by atoms with Gasteiger partial charge >= 0.3 is 5.97 Å². The van der Waals surface area contributed by atoms with Gasteiger partial charge in [-0.3, -0.25) is 0 Å². The Bertz CT molecular complexity index is 632. The Morgan fingerprint density at radius 2 is 1.95 bits per heavy atom. The normalized spacial score (nSPS) is 11.9. The number of rotatable bonds is 4. The summed E-state index contributed by atoms with van der Waals surface area (Å²) in [6.07, 6.45) is 0. The van der Waals surface area contributed by atoms with Gasteiger partial charge < -0.3 is 10.4 Å². The summed E-state index contributed by atoms with van der Waals surface area (Å²) in [6, 6.07) is 8.50. The van der Waals surface area contributed by atoms with Crippen LogP contribution < -0.4 is 5.32 Å². The largest absolute Gasteiger partial charge is 0.478 e. The molecule has 6 heteroatoms. The van der Waals surface area contributed by atoms with Gasteiger partial charge in [-0.05, 0) is 36.8 Å². The maximum absolute atomic E-state index is 12.9. The van der Waals surface area contributed by atoms with Gasteiger partial charge in [0.15, 0.2) is 0 Å². The average molecular weight is 295 g/mol. The molecular formula is C14H12ClFN2O2. The minimum atomic E-state index is -1.09. The summed E-state index contributed by atoms with van der Waals surface area (Å²) >= 11 is 5.78. The highest BCUT2D eigenvalue weighted by Crippen LogP contribution is 2.22. The van der Waals surface area contributed by atoms with Crippen molar-refractivity contribution in [2.75, 3.05) is 5.32 Å². The van der Waals surface area contributed by atoms with Crippen LogP contribution in [0.1, 0.15) is 28.9 Å². The SMILES string of the molecule is C[C@H](Nc1nc(Cl)ccc1C(=O)O)c1ccc(F)cc1. The second kappa shape index (κ2) is 5.88. The molecule has 104 valence electrons. The van der Waals surface area contributed by atoms with E-state index >= 15 is 0 Å². The molecule has 1 atom stereocenters. The van der Waals surface area contributed by atoms with Gasteiger partial charge in [-0.15, -0.1) is 0 Å². The number of hydrogen-bond acceptors (Lipinski definition) is 3. The summed E-state index contributed by atoms with van der Waals surface area (Å²) in [5.74, 6) is -1.24. The van der Waals surface area contributed by atoms with E-state index < -0.39 is 5.97 Å². The predicted octanol–water partition coefficient (Wildman–Crippen LogP) is 3.75. The average Bonchev–Trinajstić information content (AvgIpc) is 2.39. The van der Waals surface area contributed by atoms with E-state index in [9.17, 15) is 9.18 Å². The first-order chi connectivity index (χ1) is 9.47. The molecule has 1 heterocycles. The molecule has 0 saturated carbocycles. The quantitative estimate of drug-likeness (QED) is 0.843. The fourth-order valence-corrected chi connectivity index (χ4v) is 1.91. The van der Waals surface area contributed by atoms with Crippen molar-refractivity contribution in [3.05, 3.63) is 58.5 Å². The number of aromatic carboxylic acids is 1. The van der Waals surface area contributed by atoms with Crippen molar-refractivity contribution in [2.45, 2.75) is 13.0 Å². The van der Waals surface area contributed by atoms with Crippen LogP contribution in [0.5, 0.6) is 0 Å². The molecule has 0 aliphatic carbocycles. The Balaban J connectivity index is 2.27. The summed E-state index contributed by atoms with van der Waals surface area (Å²) in [6.45, 7) is 1.82. The van der Waals surface area contributed by atoms with Crippen LogP contribution in [0.4, 0.5) is 10.2 Å². The zero-order valence-electron chi connectivity index (χ0n) is 10.6. The topological polar surface area (TPSA) is 62.2 Å². The van der Waals surface area contributed by atoms with Crippen molar-refractivity contribution in [3.63, 3.8) is 0 Å². The maximum Gasteiger partial charge on any atom is 0.339 e. The second-order valence-corrected chi connectivity index (χ2v) is 4.64. The number of carboxylic acid groups (broad SMARTS) is 1. The molecule has 0 saturated heterocycles. The molecule has 0 bridgehead atoms. The van der Waals surface area contributed by atoms with Crippen molar-refractivity contribution in [2.24, 2.45) is 0 Å². The van der Waals surface area contributed by atoms with Crippen molar-refractivity contribution < 1.29 is 14.3 Å². The highest BCUT2D eigenvalue weighted by atomic mass is 35.5. The summed E-state index contributed by atoms with van der Waals surface area (Å²) < 4.78 is 12.9. The molecule has 2 aromatic rings. The van der Waals surface area contributed by atoms with Crippen LogP contribution in [0.15, 0.2) is 36.4 Å². The molecule has 0 aliphatic rings. The molecule has 1 aromatic heterocycles. The van der Waals surface area contributed by atoms with E-state index in [4.69, 9.17) is 16.7 Å². The van der Waals surface area contributed by atoms with Crippen molar-refractivity contribution in [1.82, 2.24) is 4.98 Å². The van der Waals surface area contributed by atoms with E-state index in [1.165, 1.54) is 24.3 Å². The number of aromatic nitrogens is 1. The Morgan fingerprint density at radius 3 is 2.55 bits per heavy atom. The lowest BCUT2D eigenvalue weighted by atomic mass is 10.1. The van der Waals surface area contributed by atoms with Crippen molar-refractivity contribution in [1.29, 1.82) is 0 Å². The molecule has 2 N–H and O–H groups in total. The number of hydrogen-bond donors (Lipinski definition) is 2. The van der Waals surface area contributed by atoms with Gasteiger partial charge in [0, 0.05) is 6.04 Å². The van der Waals surface area contributed by atoms with Crippen LogP contribution in [0.25, 0.3) is 0 Å². The number of pyridine rings is 1. The number of carboxylic acids is 1. The van der Waals surface area contributed by atoms with Gasteiger partial charge in [-0.2, -0.15) is 0 Å². The number of nitrogens with one attached hydrogen (secondary N) is 1. The van der Waals surface area contributed by atoms with E-state index in [1.807, 2.05) is 6.92 Å². The van der Waals surface area contributed by atoms with Gasteiger partial charge in [0.1, 0.15) is 22.4 Å². The number of benzene rings is 1. The Kier molecular flexibility index (Phi) is 4.20. The summed E-state index contributed by atoms with van der Waals surface area (Å²) in [5.41, 5.74) is 0.841. The van der Waals surface area contributed by atoms with E-state index in [-0.39, 0.29) is 28.4 Å². The third kappa shape index (κ3) is 3.24. The standard InChI is InChI=1S/C14H12ClFN2O2/c1-8(9-2-4-10(16)5-3-9)17-13-11(14(19)20)6-7-12(15)18-13/h2-8H,1H3,(H,17,18)(H,19,20)/t8-/m0/s1. The lowest BCUT2D eigenvalue weighted by Gasteiger charge is -2.16. The lowest BCUT2D eigenvalue weighted by molar-refractivity contribution is 0.0697. The molecule has 0 aliphatic heterocycles. The van der Waals surface area contributed by atoms with E-state index in [0.717, 1.165) is 5.56 Å². The molecule has 0 spiro atoms. The van der Waals surface area contributed by atoms with Gasteiger partial charge in [0.05, 0.1) is 0 Å². The van der Waals surface area contributed by atoms with Crippen LogP contribution in [0.3, 0.4) is 0 Å². The molecule has 0 radical (unpaired) electrons. The molecule has 20 heavy (non-hydrogen) atoms. The van der Waals surface area contributed by atoms with Crippen LogP contribution in [0, 0.1) is 5.82 Å². The van der Waals surface area contributed by atoms with E-state index in [0.29, 0.717) is 0 Å². The first kappa shape index (κ1) is 14.3. The maximum atomic E-state index is 12.9. The van der Waals surface area contributed by atoms with Crippen molar-refractivity contribution >= 4 is 23.4 Å². The van der Waals surface area contributed by atoms with Crippen molar-refractivity contribution in [3.8, 4) is 0 Å². The fraction of sp³-hybridized carbons (Fsp3) is 0.143. The Hall–Kier alpha value is -2.14. The van der Waals surface area contributed by atoms with Gasteiger partial charge in [-0.25, -0.2) is 14.2 Å². The molecule has 0 amide bonds. The number of anilines is 1. The molecule has 0 fully saturated rings. The first-order valence-electron chi connectivity index (χ1n) is 5.89. The van der Waals surface area contributed by atoms with Crippen LogP contribution in [0.2, 0.25) is 5.15 Å². The van der Waals surface area contributed by atoms with E-state index in [2.05, 4.69) is 10.3 Å². The van der Waals surface area contributed by atoms with Crippen LogP contribution >= 0.6 is 11.6 Å². The van der Waals surface area contributed by atoms with Crippen LogP contribution in [-0.4, -0.2) is 16.1 Å². The zero-order chi connectivity index (χ0) is 14.7. The third-order valence-electron chi connectivity index (χ3n) is 2.81. The van der Waals surface area contributed by atoms with E-state index in [1.54, 1.807) is 12.1 Å². The van der Waals surface area contributed by atoms with Gasteiger partial charge in [0.25, 0.3) is 0 Å². The highest BCUT2D eigenvalue weighted by Gasteiger charge is 2.15. The Labute approximate surface area is 120 Å². The first-order valence-corrected chi connectivity index (χ1v) is 6.27. The summed E-state index contributed by atoms with van der Waals surface area (Å²) in [7, 11) is 0. The summed E-state index contributed by atoms with van der Waals surface area (Å²) in [5, 5.41) is 12.3. The highest BCUT2D eigenvalue weighted by molar-refractivity contribution is 6.29. The second-order valence-electron chi connectivity index (χ2n) is 4.25. The smallest absolute Gasteiger partial charge is 0.339 e. The molecule has 4 nitrogen and oxygen atoms in total. The number of carbonyl (C=O) groups is 1. The fourth-order valence-electron chi connectivity index (χ4n) is 1.76. The molecule has 2 rings (SSSR count). The minimum absolute atomic E-state index is 0.0309. The van der Waals surface area contributed by atoms with Gasteiger partial charge in [-0.1, -0.05) is 23.7 Å². The molecular weight excluding hydrogens is 283 g/mol. The molecule has 0 unspecified atom stereocenters. The monoisotopic (exact) mass is 294 g/mol. The number of halogens is 2. The number of nitrogens with zero attached hydrogens (tertiary/aromatic N) is 1. The summed E-state index contributed by atoms with van der Waals surface area (Å²) in [4.78, 5) is 15.1. The zero-order valence-corrected chi connectivity index (χ0v) is 11.4. The third-order valence-corrected chi connectivity index (χ3v) is 3.03. The Morgan fingerprint density at radius 1 is 1.30 bits per heavy atom. The molecule has 1 aromatic carbocycles. The van der Waals surface area contributed by atoms with Gasteiger partial charge in [0.2, 0.25) is 0 Å². The minimum Gasteiger partial charge on any atom is -0.478 e. The lowest BCUT2D eigenvalue weighted by Crippen LogP contribution is -2.12. The predicted molar refractivity (Wildman–Crippen MR) is 74.6 cm³/mol.